The van der Waals surface area contributed by atoms with Crippen LogP contribution < -0.4 is 5.32 Å². The average Bonchev–Trinajstić information content (AvgIpc) is 2.29. The first-order valence-electron chi connectivity index (χ1n) is 7.08. The van der Waals surface area contributed by atoms with Gasteiger partial charge in [-0.2, -0.15) is 11.8 Å². The van der Waals surface area contributed by atoms with E-state index < -0.39 is 0 Å². The molecule has 0 aliphatic carbocycles. The van der Waals surface area contributed by atoms with Gasteiger partial charge in [-0.1, -0.05) is 27.7 Å². The summed E-state index contributed by atoms with van der Waals surface area (Å²) in [5.74, 6) is 1.87. The third-order valence-corrected chi connectivity index (χ3v) is 4.03. The van der Waals surface area contributed by atoms with Gasteiger partial charge in [-0.3, -0.25) is 0 Å². The fourth-order valence-electron chi connectivity index (χ4n) is 1.96. The van der Waals surface area contributed by atoms with Crippen molar-refractivity contribution in [1.29, 1.82) is 0 Å². The van der Waals surface area contributed by atoms with Gasteiger partial charge in [-0.25, -0.2) is 9.97 Å². The highest BCUT2D eigenvalue weighted by Gasteiger charge is 2.09. The van der Waals surface area contributed by atoms with Crippen LogP contribution in [0.15, 0.2) is 0 Å². The van der Waals surface area contributed by atoms with Crippen molar-refractivity contribution in [2.24, 2.45) is 0 Å². The zero-order chi connectivity index (χ0) is 14.4. The van der Waals surface area contributed by atoms with E-state index in [0.717, 1.165) is 35.9 Å². The Kier molecular flexibility index (Phi) is 6.80. The van der Waals surface area contributed by atoms with Crippen LogP contribution in [0.25, 0.3) is 0 Å². The maximum atomic E-state index is 4.64. The number of hydrogen-bond donors (Lipinski definition) is 1. The molecule has 0 saturated heterocycles. The largest absolute Gasteiger partial charge is 0.314 e. The van der Waals surface area contributed by atoms with Crippen molar-refractivity contribution in [3.8, 4) is 0 Å². The lowest BCUT2D eigenvalue weighted by Gasteiger charge is -2.13. The summed E-state index contributed by atoms with van der Waals surface area (Å²) in [4.78, 5) is 9.29. The lowest BCUT2D eigenvalue weighted by atomic mass is 10.1. The highest BCUT2D eigenvalue weighted by atomic mass is 32.2. The molecule has 1 heterocycles. The lowest BCUT2D eigenvalue weighted by molar-refractivity contribution is 0.587. The minimum atomic E-state index is 0.531. The molecule has 0 aliphatic rings. The third kappa shape index (κ3) is 5.91. The van der Waals surface area contributed by atoms with Crippen LogP contribution in [0.4, 0.5) is 0 Å². The van der Waals surface area contributed by atoms with E-state index in [4.69, 9.17) is 0 Å². The van der Waals surface area contributed by atoms with Gasteiger partial charge in [-0.05, 0) is 37.6 Å². The van der Waals surface area contributed by atoms with Gasteiger partial charge < -0.3 is 5.32 Å². The number of thioether (sulfide) groups is 1. The summed E-state index contributed by atoms with van der Waals surface area (Å²) in [7, 11) is 0. The van der Waals surface area contributed by atoms with Gasteiger partial charge in [0, 0.05) is 17.4 Å². The van der Waals surface area contributed by atoms with Crippen LogP contribution in [0.3, 0.4) is 0 Å². The van der Waals surface area contributed by atoms with E-state index >= 15 is 0 Å². The Morgan fingerprint density at radius 1 is 1.05 bits per heavy atom. The molecule has 1 N–H and O–H groups in total. The SMILES string of the molecule is Cc1nc(CSC(C)C)nc(C)c1CCNC(C)C. The van der Waals surface area contributed by atoms with Crippen molar-refractivity contribution >= 4 is 11.8 Å². The van der Waals surface area contributed by atoms with Gasteiger partial charge in [0.1, 0.15) is 5.82 Å². The molecule has 0 aromatic carbocycles. The normalized spacial score (nSPS) is 11.6. The molecule has 4 heteroatoms. The predicted octanol–water partition coefficient (Wildman–Crippen LogP) is 3.28. The van der Waals surface area contributed by atoms with Crippen LogP contribution in [-0.2, 0) is 12.2 Å². The first kappa shape index (κ1) is 16.4. The molecule has 0 fully saturated rings. The van der Waals surface area contributed by atoms with Crippen molar-refractivity contribution in [3.63, 3.8) is 0 Å². The standard InChI is InChI=1S/C15H27N3S/c1-10(2)16-8-7-14-12(5)17-15(18-13(14)6)9-19-11(3)4/h10-11,16H,7-9H2,1-6H3. The van der Waals surface area contributed by atoms with E-state index in [-0.39, 0.29) is 0 Å². The first-order valence-corrected chi connectivity index (χ1v) is 8.13. The second-order valence-electron chi connectivity index (χ2n) is 5.51. The van der Waals surface area contributed by atoms with Gasteiger partial charge in [0.2, 0.25) is 0 Å². The number of rotatable bonds is 7. The minimum absolute atomic E-state index is 0.531. The first-order chi connectivity index (χ1) is 8.90. The van der Waals surface area contributed by atoms with E-state index in [1.165, 1.54) is 5.56 Å². The fourth-order valence-corrected chi connectivity index (χ4v) is 2.57. The van der Waals surface area contributed by atoms with Gasteiger partial charge in [0.25, 0.3) is 0 Å². The Balaban J connectivity index is 2.68. The summed E-state index contributed by atoms with van der Waals surface area (Å²) in [6, 6.07) is 0.531. The van der Waals surface area contributed by atoms with Crippen molar-refractivity contribution < 1.29 is 0 Å². The topological polar surface area (TPSA) is 37.8 Å². The van der Waals surface area contributed by atoms with E-state index in [9.17, 15) is 0 Å². The summed E-state index contributed by atoms with van der Waals surface area (Å²) in [6.07, 6.45) is 1.01. The Labute approximate surface area is 122 Å². The van der Waals surface area contributed by atoms with Crippen molar-refractivity contribution in [2.45, 2.75) is 65.0 Å². The van der Waals surface area contributed by atoms with E-state index in [0.29, 0.717) is 11.3 Å². The molecule has 1 aromatic rings. The van der Waals surface area contributed by atoms with Gasteiger partial charge in [-0.15, -0.1) is 0 Å². The summed E-state index contributed by atoms with van der Waals surface area (Å²) >= 11 is 1.89. The van der Waals surface area contributed by atoms with Crippen LogP contribution in [-0.4, -0.2) is 27.8 Å². The maximum Gasteiger partial charge on any atom is 0.138 e. The minimum Gasteiger partial charge on any atom is -0.314 e. The molecule has 0 amide bonds. The highest BCUT2D eigenvalue weighted by Crippen LogP contribution is 2.17. The molecule has 0 spiro atoms. The lowest BCUT2D eigenvalue weighted by Crippen LogP contribution is -2.25. The Morgan fingerprint density at radius 2 is 1.63 bits per heavy atom. The molecule has 0 radical (unpaired) electrons. The van der Waals surface area contributed by atoms with Crippen molar-refractivity contribution in [3.05, 3.63) is 22.8 Å². The number of aryl methyl sites for hydroxylation is 2. The maximum absolute atomic E-state index is 4.64. The van der Waals surface area contributed by atoms with Crippen LogP contribution in [0, 0.1) is 13.8 Å². The Bertz CT molecular complexity index is 379. The molecule has 108 valence electrons. The smallest absolute Gasteiger partial charge is 0.138 e. The molecule has 3 nitrogen and oxygen atoms in total. The quantitative estimate of drug-likeness (QED) is 0.832. The van der Waals surface area contributed by atoms with Crippen LogP contribution in [0.2, 0.25) is 0 Å². The Hall–Kier alpha value is -0.610. The summed E-state index contributed by atoms with van der Waals surface area (Å²) in [5.41, 5.74) is 3.57. The molecule has 0 unspecified atom stereocenters. The van der Waals surface area contributed by atoms with Crippen LogP contribution >= 0.6 is 11.8 Å². The summed E-state index contributed by atoms with van der Waals surface area (Å²) in [6.45, 7) is 13.9. The fraction of sp³-hybridized carbons (Fsp3) is 0.733. The van der Waals surface area contributed by atoms with E-state index in [1.54, 1.807) is 0 Å². The molecule has 1 rings (SSSR count). The Morgan fingerprint density at radius 3 is 2.11 bits per heavy atom. The number of nitrogens with zero attached hydrogens (tertiary/aromatic N) is 2. The summed E-state index contributed by atoms with van der Waals surface area (Å²) < 4.78 is 0. The third-order valence-electron chi connectivity index (χ3n) is 2.94. The van der Waals surface area contributed by atoms with Crippen molar-refractivity contribution in [2.75, 3.05) is 6.54 Å². The number of nitrogens with one attached hydrogen (secondary N) is 1. The van der Waals surface area contributed by atoms with Gasteiger partial charge in [0.05, 0.1) is 5.75 Å². The number of hydrogen-bond acceptors (Lipinski definition) is 4. The molecule has 1 aromatic heterocycles. The second kappa shape index (κ2) is 7.85. The predicted molar refractivity (Wildman–Crippen MR) is 84.8 cm³/mol. The van der Waals surface area contributed by atoms with E-state index in [1.807, 2.05) is 11.8 Å². The second-order valence-corrected chi connectivity index (χ2v) is 7.07. The average molecular weight is 281 g/mol. The zero-order valence-electron chi connectivity index (χ0n) is 13.1. The molecule has 0 bridgehead atoms. The highest BCUT2D eigenvalue weighted by molar-refractivity contribution is 7.99. The van der Waals surface area contributed by atoms with E-state index in [2.05, 4.69) is 56.8 Å². The van der Waals surface area contributed by atoms with Crippen molar-refractivity contribution in [1.82, 2.24) is 15.3 Å². The summed E-state index contributed by atoms with van der Waals surface area (Å²) in [5, 5.41) is 4.07. The molecule has 19 heavy (non-hydrogen) atoms. The van der Waals surface area contributed by atoms with Gasteiger partial charge in [0.15, 0.2) is 0 Å². The number of aromatic nitrogens is 2. The van der Waals surface area contributed by atoms with Crippen LogP contribution in [0.5, 0.6) is 0 Å². The molecule has 0 saturated carbocycles. The molecule has 0 atom stereocenters. The molecular formula is C15H27N3S. The molecule has 0 aliphatic heterocycles. The molecular weight excluding hydrogens is 254 g/mol. The van der Waals surface area contributed by atoms with Crippen LogP contribution in [0.1, 0.15) is 50.5 Å². The van der Waals surface area contributed by atoms with Gasteiger partial charge >= 0.3 is 0 Å². The zero-order valence-corrected chi connectivity index (χ0v) is 13.9. The monoisotopic (exact) mass is 281 g/mol.